The molecule has 1 unspecified atom stereocenters. The Labute approximate surface area is 157 Å². The van der Waals surface area contributed by atoms with Gasteiger partial charge in [-0.15, -0.1) is 0 Å². The Balaban J connectivity index is 0.000000197. The van der Waals surface area contributed by atoms with Crippen LogP contribution in [-0.2, 0) is 0 Å². The van der Waals surface area contributed by atoms with Gasteiger partial charge in [0.05, 0.1) is 6.10 Å². The molecule has 1 saturated carbocycles. The lowest BCUT2D eigenvalue weighted by Crippen LogP contribution is -2.27. The Hall–Kier alpha value is -2.18. The van der Waals surface area contributed by atoms with Crippen LogP contribution in [0.3, 0.4) is 0 Å². The van der Waals surface area contributed by atoms with Crippen LogP contribution in [0.25, 0.3) is 0 Å². The molecular formula is C21H25F2NO3. The van der Waals surface area contributed by atoms with Gasteiger partial charge in [-0.25, -0.2) is 8.78 Å². The van der Waals surface area contributed by atoms with Crippen LogP contribution in [0, 0.1) is 23.5 Å². The van der Waals surface area contributed by atoms with Gasteiger partial charge in [-0.1, -0.05) is 18.6 Å². The summed E-state index contributed by atoms with van der Waals surface area (Å²) in [5.74, 6) is -0.160. The quantitative estimate of drug-likeness (QED) is 0.761. The molecule has 146 valence electrons. The van der Waals surface area contributed by atoms with Crippen LogP contribution in [0.2, 0.25) is 0 Å². The highest BCUT2D eigenvalue weighted by atomic mass is 19.1. The van der Waals surface area contributed by atoms with E-state index in [9.17, 15) is 19.0 Å². The SMILES string of the molecule is Oc1ccc(C(O)CN2C[C@H]3CCC[C@H]3C2)cc1.Oc1ccc(F)cc1F. The number of β-amino-alcohol motifs (C(OH)–C–C–N with tert-alkyl or cyclic N) is 1. The average molecular weight is 377 g/mol. The minimum absolute atomic E-state index is 0.252. The third-order valence-electron chi connectivity index (χ3n) is 5.42. The Kier molecular flexibility index (Phi) is 6.29. The molecule has 0 amide bonds. The molecule has 2 fully saturated rings. The number of nitrogens with zero attached hydrogens (tertiary/aromatic N) is 1. The molecule has 2 aliphatic rings. The number of halogens is 2. The van der Waals surface area contributed by atoms with E-state index >= 15 is 0 Å². The number of hydrogen-bond acceptors (Lipinski definition) is 4. The lowest BCUT2D eigenvalue weighted by molar-refractivity contribution is 0.122. The van der Waals surface area contributed by atoms with E-state index in [1.807, 2.05) is 0 Å². The molecule has 4 nitrogen and oxygen atoms in total. The first-order chi connectivity index (χ1) is 12.9. The van der Waals surface area contributed by atoms with Crippen LogP contribution in [0.4, 0.5) is 8.78 Å². The summed E-state index contributed by atoms with van der Waals surface area (Å²) in [5.41, 5.74) is 0.893. The maximum absolute atomic E-state index is 12.1. The van der Waals surface area contributed by atoms with Crippen LogP contribution in [0.15, 0.2) is 42.5 Å². The number of likely N-dealkylation sites (tertiary alicyclic amines) is 1. The molecule has 1 aliphatic carbocycles. The van der Waals surface area contributed by atoms with E-state index in [-0.39, 0.29) is 5.75 Å². The van der Waals surface area contributed by atoms with Gasteiger partial charge in [-0.05, 0) is 54.5 Å². The summed E-state index contributed by atoms with van der Waals surface area (Å²) in [6.07, 6.45) is 3.70. The van der Waals surface area contributed by atoms with Gasteiger partial charge < -0.3 is 15.3 Å². The smallest absolute Gasteiger partial charge is 0.167 e. The largest absolute Gasteiger partial charge is 0.508 e. The van der Waals surface area contributed by atoms with Gasteiger partial charge in [0.25, 0.3) is 0 Å². The number of fused-ring (bicyclic) bond motifs is 1. The zero-order chi connectivity index (χ0) is 19.4. The van der Waals surface area contributed by atoms with Crippen LogP contribution in [0.5, 0.6) is 11.5 Å². The second kappa shape index (κ2) is 8.67. The van der Waals surface area contributed by atoms with Crippen molar-refractivity contribution in [3.63, 3.8) is 0 Å². The summed E-state index contributed by atoms with van der Waals surface area (Å²) >= 11 is 0. The number of hydrogen-bond donors (Lipinski definition) is 3. The second-order valence-corrected chi connectivity index (χ2v) is 7.37. The zero-order valence-electron chi connectivity index (χ0n) is 15.1. The van der Waals surface area contributed by atoms with Gasteiger partial charge in [-0.3, -0.25) is 4.90 Å². The highest BCUT2D eigenvalue weighted by molar-refractivity contribution is 5.27. The molecule has 0 spiro atoms. The lowest BCUT2D eigenvalue weighted by Gasteiger charge is -2.21. The van der Waals surface area contributed by atoms with Crippen molar-refractivity contribution in [3.05, 3.63) is 59.7 Å². The maximum Gasteiger partial charge on any atom is 0.167 e. The Morgan fingerprint density at radius 2 is 1.59 bits per heavy atom. The Bertz CT molecular complexity index is 742. The molecule has 2 aromatic rings. The fourth-order valence-electron chi connectivity index (χ4n) is 4.01. The predicted octanol–water partition coefficient (Wildman–Crippen LogP) is 3.83. The standard InChI is InChI=1S/C15H21NO2.C6H4F2O/c17-14-6-4-11(5-7-14)15(18)10-16-8-12-2-1-3-13(12)9-16;7-4-1-2-6(9)5(8)3-4/h4-7,12-13,15,17-18H,1-3,8-10H2;1-3,9H/t12-,13+,15?;. The van der Waals surface area contributed by atoms with Crippen molar-refractivity contribution in [1.29, 1.82) is 0 Å². The number of aromatic hydroxyl groups is 2. The van der Waals surface area contributed by atoms with Gasteiger partial charge in [0.2, 0.25) is 0 Å². The molecule has 0 radical (unpaired) electrons. The summed E-state index contributed by atoms with van der Waals surface area (Å²) in [7, 11) is 0. The van der Waals surface area contributed by atoms with Crippen molar-refractivity contribution < 1.29 is 24.1 Å². The lowest BCUT2D eigenvalue weighted by atomic mass is 10.0. The normalized spacial score (nSPS) is 22.8. The molecule has 3 N–H and O–H groups in total. The van der Waals surface area contributed by atoms with Crippen molar-refractivity contribution in [2.24, 2.45) is 11.8 Å². The second-order valence-electron chi connectivity index (χ2n) is 7.37. The topological polar surface area (TPSA) is 63.9 Å². The summed E-state index contributed by atoms with van der Waals surface area (Å²) in [6, 6.07) is 9.45. The number of phenolic OH excluding ortho intramolecular Hbond substituents is 2. The van der Waals surface area contributed by atoms with Gasteiger partial charge in [0, 0.05) is 25.7 Å². The van der Waals surface area contributed by atoms with Gasteiger partial charge in [0.1, 0.15) is 11.6 Å². The molecule has 3 atom stereocenters. The third kappa shape index (κ3) is 5.17. The van der Waals surface area contributed by atoms with Gasteiger partial charge >= 0.3 is 0 Å². The van der Waals surface area contributed by atoms with Crippen molar-refractivity contribution >= 4 is 0 Å². The van der Waals surface area contributed by atoms with Crippen LogP contribution in [-0.4, -0.2) is 39.9 Å². The van der Waals surface area contributed by atoms with Crippen molar-refractivity contribution in [2.75, 3.05) is 19.6 Å². The number of phenols is 2. The zero-order valence-corrected chi connectivity index (χ0v) is 15.1. The molecule has 0 bridgehead atoms. The first-order valence-corrected chi connectivity index (χ1v) is 9.25. The van der Waals surface area contributed by atoms with Crippen LogP contribution < -0.4 is 0 Å². The Morgan fingerprint density at radius 1 is 0.963 bits per heavy atom. The van der Waals surface area contributed by atoms with E-state index in [0.29, 0.717) is 6.07 Å². The third-order valence-corrected chi connectivity index (χ3v) is 5.42. The van der Waals surface area contributed by atoms with E-state index in [1.165, 1.54) is 19.3 Å². The number of benzene rings is 2. The highest BCUT2D eigenvalue weighted by Gasteiger charge is 2.36. The van der Waals surface area contributed by atoms with Crippen molar-refractivity contribution in [2.45, 2.75) is 25.4 Å². The van der Waals surface area contributed by atoms with E-state index in [2.05, 4.69) is 4.90 Å². The first kappa shape index (κ1) is 19.6. The van der Waals surface area contributed by atoms with Crippen LogP contribution >= 0.6 is 0 Å². The fourth-order valence-corrected chi connectivity index (χ4v) is 4.01. The molecule has 1 aliphatic heterocycles. The minimum Gasteiger partial charge on any atom is -0.508 e. The highest BCUT2D eigenvalue weighted by Crippen LogP contribution is 2.38. The molecule has 6 heteroatoms. The maximum atomic E-state index is 12.1. The summed E-state index contributed by atoms with van der Waals surface area (Å²) in [5, 5.41) is 28.0. The van der Waals surface area contributed by atoms with E-state index in [0.717, 1.165) is 49.2 Å². The minimum atomic E-state index is -0.935. The van der Waals surface area contributed by atoms with E-state index < -0.39 is 23.5 Å². The molecule has 1 heterocycles. The molecule has 4 rings (SSSR count). The molecular weight excluding hydrogens is 352 g/mol. The number of rotatable bonds is 3. The summed E-state index contributed by atoms with van der Waals surface area (Å²) < 4.78 is 24.1. The first-order valence-electron chi connectivity index (χ1n) is 9.25. The summed E-state index contributed by atoms with van der Waals surface area (Å²) in [6.45, 7) is 3.03. The molecule has 2 aromatic carbocycles. The van der Waals surface area contributed by atoms with Crippen molar-refractivity contribution in [3.8, 4) is 11.5 Å². The number of aliphatic hydroxyl groups is 1. The van der Waals surface area contributed by atoms with Crippen LogP contribution in [0.1, 0.15) is 30.9 Å². The van der Waals surface area contributed by atoms with Gasteiger partial charge in [0.15, 0.2) is 11.6 Å². The van der Waals surface area contributed by atoms with Gasteiger partial charge in [-0.2, -0.15) is 0 Å². The fraction of sp³-hybridized carbons (Fsp3) is 0.429. The monoisotopic (exact) mass is 377 g/mol. The van der Waals surface area contributed by atoms with Crippen molar-refractivity contribution in [1.82, 2.24) is 4.90 Å². The Morgan fingerprint density at radius 3 is 2.15 bits per heavy atom. The molecule has 1 saturated heterocycles. The average Bonchev–Trinajstić information content (AvgIpc) is 3.21. The van der Waals surface area contributed by atoms with E-state index in [1.54, 1.807) is 24.3 Å². The molecule has 27 heavy (non-hydrogen) atoms. The number of aliphatic hydroxyl groups excluding tert-OH is 1. The predicted molar refractivity (Wildman–Crippen MR) is 98.4 cm³/mol. The van der Waals surface area contributed by atoms with E-state index in [4.69, 9.17) is 5.11 Å². The summed E-state index contributed by atoms with van der Waals surface area (Å²) in [4.78, 5) is 2.39. The molecule has 0 aromatic heterocycles.